The van der Waals surface area contributed by atoms with Crippen molar-refractivity contribution in [1.29, 1.82) is 5.26 Å². The monoisotopic (exact) mass is 474 g/mol. The first-order chi connectivity index (χ1) is 16.9. The summed E-state index contributed by atoms with van der Waals surface area (Å²) in [6.45, 7) is 13.0. The largest absolute Gasteiger partial charge is 0.308 e. The molecule has 3 aliphatic rings. The fourth-order valence-corrected chi connectivity index (χ4v) is 5.65. The van der Waals surface area contributed by atoms with Crippen molar-refractivity contribution in [2.24, 2.45) is 17.8 Å². The van der Waals surface area contributed by atoms with Crippen molar-refractivity contribution in [3.63, 3.8) is 0 Å². The molecule has 0 aliphatic heterocycles. The van der Waals surface area contributed by atoms with E-state index in [2.05, 4.69) is 68.3 Å². The van der Waals surface area contributed by atoms with Gasteiger partial charge in [0.2, 0.25) is 0 Å². The van der Waals surface area contributed by atoms with Crippen LogP contribution in [0.1, 0.15) is 72.6 Å². The van der Waals surface area contributed by atoms with Gasteiger partial charge in [-0.3, -0.25) is 0 Å². The number of hydrogen-bond acceptors (Lipinski definition) is 2. The van der Waals surface area contributed by atoms with Crippen molar-refractivity contribution in [3.8, 4) is 6.07 Å². The quantitative estimate of drug-likeness (QED) is 0.255. The van der Waals surface area contributed by atoms with Crippen LogP contribution in [-0.4, -0.2) is 19.3 Å². The molecule has 0 heterocycles. The molecule has 188 valence electrons. The molecule has 35 heavy (non-hydrogen) atoms. The number of nitriles is 1. The van der Waals surface area contributed by atoms with Crippen LogP contribution in [0.25, 0.3) is 0 Å². The molecule has 0 saturated heterocycles. The number of allylic oxidation sites excluding steroid dienone is 12. The summed E-state index contributed by atoms with van der Waals surface area (Å²) in [4.78, 5) is 0. The molecule has 0 amide bonds. The first-order valence-electron chi connectivity index (χ1n) is 13.4. The number of nitrogens with zero attached hydrogens (tertiary/aromatic N) is 1. The third-order valence-corrected chi connectivity index (χ3v) is 8.04. The lowest BCUT2D eigenvalue weighted by molar-refractivity contribution is 0.203. The number of alkyl halides is 1. The fraction of sp³-hybridized carbons (Fsp3) is 0.531. The predicted molar refractivity (Wildman–Crippen MR) is 147 cm³/mol. The highest BCUT2D eigenvalue weighted by Gasteiger charge is 2.37. The van der Waals surface area contributed by atoms with Crippen LogP contribution in [0.4, 0.5) is 4.39 Å². The first-order valence-corrected chi connectivity index (χ1v) is 13.4. The predicted octanol–water partition coefficient (Wildman–Crippen LogP) is 8.25. The lowest BCUT2D eigenvalue weighted by Gasteiger charge is -2.35. The minimum absolute atomic E-state index is 0.00938. The molecule has 1 fully saturated rings. The van der Waals surface area contributed by atoms with Gasteiger partial charge in [-0.05, 0) is 75.0 Å². The molecule has 0 radical (unpaired) electrons. The maximum Gasteiger partial charge on any atom is 0.105 e. The highest BCUT2D eigenvalue weighted by atomic mass is 19.1. The average Bonchev–Trinajstić information content (AvgIpc) is 2.96. The summed E-state index contributed by atoms with van der Waals surface area (Å²) in [7, 11) is 0. The Bertz CT molecular complexity index is 1000. The van der Waals surface area contributed by atoms with Gasteiger partial charge in [-0.25, -0.2) is 4.39 Å². The zero-order chi connectivity index (χ0) is 25.4. The van der Waals surface area contributed by atoms with Crippen LogP contribution in [0, 0.1) is 29.1 Å². The van der Waals surface area contributed by atoms with Gasteiger partial charge in [-0.15, -0.1) is 0 Å². The van der Waals surface area contributed by atoms with E-state index >= 15 is 0 Å². The maximum absolute atomic E-state index is 13.2. The zero-order valence-electron chi connectivity index (χ0n) is 22.2. The minimum Gasteiger partial charge on any atom is -0.308 e. The Morgan fingerprint density at radius 3 is 2.63 bits per heavy atom. The van der Waals surface area contributed by atoms with Crippen molar-refractivity contribution in [3.05, 3.63) is 82.0 Å². The summed E-state index contributed by atoms with van der Waals surface area (Å²) >= 11 is 0. The third kappa shape index (κ3) is 6.83. The highest BCUT2D eigenvalue weighted by molar-refractivity contribution is 5.56. The van der Waals surface area contributed by atoms with Gasteiger partial charge in [0.15, 0.2) is 0 Å². The molecular weight excluding hydrogens is 431 g/mol. The molecule has 0 bridgehead atoms. The van der Waals surface area contributed by atoms with E-state index in [0.29, 0.717) is 12.5 Å². The van der Waals surface area contributed by atoms with E-state index in [-0.39, 0.29) is 18.6 Å². The molecule has 3 aliphatic carbocycles. The van der Waals surface area contributed by atoms with Gasteiger partial charge >= 0.3 is 0 Å². The molecule has 2 nitrogen and oxygen atoms in total. The van der Waals surface area contributed by atoms with Gasteiger partial charge in [0.25, 0.3) is 0 Å². The lowest BCUT2D eigenvalue weighted by atomic mass is 9.70. The number of fused-ring (bicyclic) bond motifs is 1. The second kappa shape index (κ2) is 13.0. The Balaban J connectivity index is 1.97. The molecule has 3 atom stereocenters. The molecule has 0 aromatic rings. The Morgan fingerprint density at radius 1 is 1.26 bits per heavy atom. The molecule has 1 saturated carbocycles. The van der Waals surface area contributed by atoms with Crippen LogP contribution in [0.3, 0.4) is 0 Å². The van der Waals surface area contributed by atoms with Crippen LogP contribution < -0.4 is 5.32 Å². The number of nitrogens with one attached hydrogen (secondary N) is 1. The molecule has 0 aromatic carbocycles. The zero-order valence-corrected chi connectivity index (χ0v) is 22.2. The molecule has 1 N–H and O–H groups in total. The normalized spacial score (nSPS) is 25.0. The Morgan fingerprint density at radius 2 is 2.03 bits per heavy atom. The summed E-state index contributed by atoms with van der Waals surface area (Å²) in [5.41, 5.74) is 8.13. The average molecular weight is 475 g/mol. The van der Waals surface area contributed by atoms with Crippen LogP contribution in [0.15, 0.2) is 82.0 Å². The third-order valence-electron chi connectivity index (χ3n) is 8.04. The standard InChI is InChI=1S/C32H43FN2/c1-6-8-10-25(21-35-29(7-2)19-33)14-13-23(4)30-18-27(26-11-9-12-26)17-28-16-22(3)15-24(5)32(28)31(30)20-34/h6,8,13-16,26-27,29,32,35H,5,7,9-12,17-19,21H2,1-4H3. The maximum atomic E-state index is 13.2. The van der Waals surface area contributed by atoms with Crippen LogP contribution in [0.5, 0.6) is 0 Å². The summed E-state index contributed by atoms with van der Waals surface area (Å²) in [5.74, 6) is 1.35. The Labute approximate surface area is 212 Å². The second-order valence-electron chi connectivity index (χ2n) is 10.6. The molecule has 0 aromatic heterocycles. The van der Waals surface area contributed by atoms with E-state index in [9.17, 15) is 9.65 Å². The van der Waals surface area contributed by atoms with Gasteiger partial charge in [-0.2, -0.15) is 5.26 Å². The van der Waals surface area contributed by atoms with Gasteiger partial charge in [-0.1, -0.05) is 85.9 Å². The van der Waals surface area contributed by atoms with E-state index in [1.165, 1.54) is 47.1 Å². The van der Waals surface area contributed by atoms with Crippen LogP contribution in [0.2, 0.25) is 0 Å². The topological polar surface area (TPSA) is 35.8 Å². The van der Waals surface area contributed by atoms with Gasteiger partial charge in [0, 0.05) is 24.1 Å². The van der Waals surface area contributed by atoms with Crippen molar-refractivity contribution in [2.45, 2.75) is 78.7 Å². The summed E-state index contributed by atoms with van der Waals surface area (Å²) in [6.07, 6.45) is 20.6. The van der Waals surface area contributed by atoms with Crippen LogP contribution >= 0.6 is 0 Å². The Hall–Kier alpha value is -2.44. The van der Waals surface area contributed by atoms with E-state index in [1.54, 1.807) is 0 Å². The van der Waals surface area contributed by atoms with Gasteiger partial charge in [0.05, 0.1) is 6.07 Å². The summed E-state index contributed by atoms with van der Waals surface area (Å²) < 4.78 is 13.2. The van der Waals surface area contributed by atoms with Crippen molar-refractivity contribution in [1.82, 2.24) is 5.32 Å². The summed E-state index contributed by atoms with van der Waals surface area (Å²) in [6, 6.07) is 2.51. The number of rotatable bonds is 10. The molecule has 0 spiro atoms. The highest BCUT2D eigenvalue weighted by Crippen LogP contribution is 2.49. The SMILES string of the molecule is C=C1C=C(C)C=C2CC(C3CCC3)CC(C(C)=CC=C(CC=CC)CNC(CC)CF)=C(C#N)C12. The number of hydrogen-bond donors (Lipinski definition) is 1. The van der Waals surface area contributed by atoms with E-state index < -0.39 is 0 Å². The molecule has 3 rings (SSSR count). The van der Waals surface area contributed by atoms with Gasteiger partial charge in [0.1, 0.15) is 6.67 Å². The van der Waals surface area contributed by atoms with Gasteiger partial charge < -0.3 is 5.32 Å². The van der Waals surface area contributed by atoms with Crippen LogP contribution in [-0.2, 0) is 0 Å². The minimum atomic E-state index is -0.349. The smallest absolute Gasteiger partial charge is 0.105 e. The summed E-state index contributed by atoms with van der Waals surface area (Å²) in [5, 5.41) is 13.7. The van der Waals surface area contributed by atoms with Crippen molar-refractivity contribution < 1.29 is 4.39 Å². The van der Waals surface area contributed by atoms with E-state index in [1.807, 2.05) is 13.8 Å². The van der Waals surface area contributed by atoms with E-state index in [4.69, 9.17) is 0 Å². The molecule has 3 unspecified atom stereocenters. The van der Waals surface area contributed by atoms with Crippen molar-refractivity contribution >= 4 is 0 Å². The second-order valence-corrected chi connectivity index (χ2v) is 10.6. The molecule has 3 heteroatoms. The van der Waals surface area contributed by atoms with Crippen molar-refractivity contribution in [2.75, 3.05) is 13.2 Å². The fourth-order valence-electron chi connectivity index (χ4n) is 5.65. The number of halogens is 1. The lowest BCUT2D eigenvalue weighted by Crippen LogP contribution is -2.31. The first kappa shape index (κ1) is 27.2. The van der Waals surface area contributed by atoms with E-state index in [0.717, 1.165) is 42.7 Å². The molecular formula is C32H43FN2. The Kier molecular flexibility index (Phi) is 10.1.